The summed E-state index contributed by atoms with van der Waals surface area (Å²) in [5.41, 5.74) is -0.415. The van der Waals surface area contributed by atoms with Gasteiger partial charge in [-0.05, 0) is 19.8 Å². The number of nitrogens with zero attached hydrogens (tertiary/aromatic N) is 1. The largest absolute Gasteiger partial charge is 0.662 e. The van der Waals surface area contributed by atoms with E-state index in [0.29, 0.717) is 0 Å². The normalized spacial score (nSPS) is 27.8. The predicted molar refractivity (Wildman–Crippen MR) is 33.0 cm³/mol. The third-order valence-electron chi connectivity index (χ3n) is 1.62. The average molecular weight is 114 g/mol. The third-order valence-corrected chi connectivity index (χ3v) is 1.62. The van der Waals surface area contributed by atoms with E-state index >= 15 is 0 Å². The van der Waals surface area contributed by atoms with Crippen LogP contribution in [0, 0.1) is 0 Å². The SMILES string of the molecule is CC1(O)CC[N-]CC1. The minimum absolute atomic E-state index is 0.415. The summed E-state index contributed by atoms with van der Waals surface area (Å²) in [5.74, 6) is 0. The van der Waals surface area contributed by atoms with Crippen LogP contribution < -0.4 is 0 Å². The first kappa shape index (κ1) is 6.05. The summed E-state index contributed by atoms with van der Waals surface area (Å²) < 4.78 is 0. The van der Waals surface area contributed by atoms with Gasteiger partial charge in [-0.2, -0.15) is 0 Å². The van der Waals surface area contributed by atoms with Gasteiger partial charge >= 0.3 is 0 Å². The highest BCUT2D eigenvalue weighted by molar-refractivity contribution is 4.93. The summed E-state index contributed by atoms with van der Waals surface area (Å²) >= 11 is 0. The van der Waals surface area contributed by atoms with Gasteiger partial charge < -0.3 is 10.4 Å². The summed E-state index contributed by atoms with van der Waals surface area (Å²) in [6.07, 6.45) is 1.68. The Morgan fingerprint density at radius 3 is 2.12 bits per heavy atom. The molecule has 0 saturated carbocycles. The fourth-order valence-corrected chi connectivity index (χ4v) is 0.877. The van der Waals surface area contributed by atoms with E-state index in [1.807, 2.05) is 6.92 Å². The fraction of sp³-hybridized carbons (Fsp3) is 1.00. The van der Waals surface area contributed by atoms with E-state index in [2.05, 4.69) is 5.32 Å². The molecular weight excluding hydrogens is 102 g/mol. The molecule has 48 valence electrons. The van der Waals surface area contributed by atoms with Gasteiger partial charge in [0.2, 0.25) is 0 Å². The Bertz CT molecular complexity index is 72.6. The lowest BCUT2D eigenvalue weighted by atomic mass is 9.95. The van der Waals surface area contributed by atoms with Crippen molar-refractivity contribution >= 4 is 0 Å². The molecule has 0 aromatic carbocycles. The van der Waals surface area contributed by atoms with E-state index in [1.54, 1.807) is 0 Å². The molecule has 0 amide bonds. The first-order valence-electron chi connectivity index (χ1n) is 3.06. The summed E-state index contributed by atoms with van der Waals surface area (Å²) in [6.45, 7) is 3.56. The Labute approximate surface area is 49.9 Å². The van der Waals surface area contributed by atoms with Crippen molar-refractivity contribution in [2.45, 2.75) is 25.4 Å². The van der Waals surface area contributed by atoms with Crippen LogP contribution >= 0.6 is 0 Å². The number of aliphatic hydroxyl groups is 1. The number of piperidine rings is 1. The van der Waals surface area contributed by atoms with Crippen molar-refractivity contribution in [2.75, 3.05) is 13.1 Å². The van der Waals surface area contributed by atoms with Gasteiger partial charge in [-0.1, -0.05) is 0 Å². The Morgan fingerprint density at radius 2 is 1.88 bits per heavy atom. The molecule has 8 heavy (non-hydrogen) atoms. The second-order valence-electron chi connectivity index (χ2n) is 2.67. The highest BCUT2D eigenvalue weighted by atomic mass is 16.3. The zero-order valence-corrected chi connectivity index (χ0v) is 5.22. The number of hydrogen-bond acceptors (Lipinski definition) is 1. The minimum Gasteiger partial charge on any atom is -0.662 e. The van der Waals surface area contributed by atoms with Crippen LogP contribution in [0.4, 0.5) is 0 Å². The highest BCUT2D eigenvalue weighted by Crippen LogP contribution is 2.20. The Balaban J connectivity index is 2.33. The van der Waals surface area contributed by atoms with Gasteiger partial charge in [0.25, 0.3) is 0 Å². The summed E-state index contributed by atoms with van der Waals surface area (Å²) in [6, 6.07) is 0. The van der Waals surface area contributed by atoms with E-state index < -0.39 is 5.60 Å². The maximum Gasteiger partial charge on any atom is 0.0587 e. The third kappa shape index (κ3) is 1.46. The fourth-order valence-electron chi connectivity index (χ4n) is 0.877. The molecule has 0 aromatic rings. The summed E-state index contributed by atoms with van der Waals surface area (Å²) in [4.78, 5) is 0. The van der Waals surface area contributed by atoms with E-state index in [4.69, 9.17) is 0 Å². The molecule has 0 unspecified atom stereocenters. The monoisotopic (exact) mass is 114 g/mol. The maximum atomic E-state index is 9.31. The molecule has 1 saturated heterocycles. The second-order valence-corrected chi connectivity index (χ2v) is 2.67. The molecule has 1 aliphatic rings. The average Bonchev–Trinajstić information content (AvgIpc) is 1.65. The van der Waals surface area contributed by atoms with Crippen molar-refractivity contribution < 1.29 is 5.11 Å². The molecule has 1 fully saturated rings. The second kappa shape index (κ2) is 2.03. The molecular formula is C6H12NO-. The molecule has 1 rings (SSSR count). The van der Waals surface area contributed by atoms with E-state index in [1.165, 1.54) is 0 Å². The van der Waals surface area contributed by atoms with Crippen LogP contribution in [-0.4, -0.2) is 23.8 Å². The molecule has 0 radical (unpaired) electrons. The van der Waals surface area contributed by atoms with Crippen LogP contribution in [0.3, 0.4) is 0 Å². The van der Waals surface area contributed by atoms with E-state index in [-0.39, 0.29) is 0 Å². The van der Waals surface area contributed by atoms with Crippen molar-refractivity contribution in [3.63, 3.8) is 0 Å². The van der Waals surface area contributed by atoms with Gasteiger partial charge in [-0.15, -0.1) is 13.1 Å². The van der Waals surface area contributed by atoms with Gasteiger partial charge in [0, 0.05) is 0 Å². The van der Waals surface area contributed by atoms with Crippen LogP contribution in [0.1, 0.15) is 19.8 Å². The summed E-state index contributed by atoms with van der Waals surface area (Å²) in [5, 5.41) is 13.4. The first-order valence-corrected chi connectivity index (χ1v) is 3.06. The lowest BCUT2D eigenvalue weighted by molar-refractivity contribution is 0.0424. The van der Waals surface area contributed by atoms with Crippen LogP contribution in [0.5, 0.6) is 0 Å². The first-order chi connectivity index (χ1) is 3.71. The number of hydrogen-bond donors (Lipinski definition) is 1. The van der Waals surface area contributed by atoms with Gasteiger partial charge in [0.05, 0.1) is 5.60 Å². The smallest absolute Gasteiger partial charge is 0.0587 e. The van der Waals surface area contributed by atoms with Crippen LogP contribution in [-0.2, 0) is 0 Å². The van der Waals surface area contributed by atoms with Crippen molar-refractivity contribution in [3.8, 4) is 0 Å². The Morgan fingerprint density at radius 1 is 1.38 bits per heavy atom. The molecule has 1 N–H and O–H groups in total. The molecule has 1 heterocycles. The molecule has 0 atom stereocenters. The van der Waals surface area contributed by atoms with Crippen molar-refractivity contribution in [2.24, 2.45) is 0 Å². The van der Waals surface area contributed by atoms with Gasteiger partial charge in [-0.3, -0.25) is 0 Å². The topological polar surface area (TPSA) is 34.3 Å². The molecule has 0 spiro atoms. The van der Waals surface area contributed by atoms with Gasteiger partial charge in [-0.25, -0.2) is 0 Å². The highest BCUT2D eigenvalue weighted by Gasteiger charge is 2.17. The quantitative estimate of drug-likeness (QED) is 0.499. The van der Waals surface area contributed by atoms with Crippen LogP contribution in [0.15, 0.2) is 0 Å². The lowest BCUT2D eigenvalue weighted by Gasteiger charge is -2.36. The Hall–Kier alpha value is -0.0800. The molecule has 0 aromatic heterocycles. The van der Waals surface area contributed by atoms with Crippen LogP contribution in [0.25, 0.3) is 5.32 Å². The molecule has 0 bridgehead atoms. The van der Waals surface area contributed by atoms with E-state index in [0.717, 1.165) is 25.9 Å². The molecule has 2 nitrogen and oxygen atoms in total. The van der Waals surface area contributed by atoms with Crippen molar-refractivity contribution in [1.29, 1.82) is 0 Å². The minimum atomic E-state index is -0.415. The lowest BCUT2D eigenvalue weighted by Crippen LogP contribution is -2.30. The Kier molecular flexibility index (Phi) is 1.54. The summed E-state index contributed by atoms with van der Waals surface area (Å²) in [7, 11) is 0. The van der Waals surface area contributed by atoms with E-state index in [9.17, 15) is 5.11 Å². The predicted octanol–water partition coefficient (Wildman–Crippen LogP) is 0.905. The standard InChI is InChI=1S/C6H12NO/c1-6(8)2-4-7-5-3-6/h8H,2-5H2,1H3/q-1. The number of rotatable bonds is 0. The van der Waals surface area contributed by atoms with Crippen molar-refractivity contribution in [3.05, 3.63) is 5.32 Å². The maximum absolute atomic E-state index is 9.31. The van der Waals surface area contributed by atoms with Gasteiger partial charge in [0.1, 0.15) is 0 Å². The van der Waals surface area contributed by atoms with Crippen LogP contribution in [0.2, 0.25) is 0 Å². The zero-order valence-electron chi connectivity index (χ0n) is 5.22. The molecule has 1 aliphatic heterocycles. The molecule has 2 heteroatoms. The van der Waals surface area contributed by atoms with Crippen molar-refractivity contribution in [1.82, 2.24) is 0 Å². The van der Waals surface area contributed by atoms with Gasteiger partial charge in [0.15, 0.2) is 0 Å². The zero-order chi connectivity index (χ0) is 6.04. The molecule has 0 aliphatic carbocycles.